The summed E-state index contributed by atoms with van der Waals surface area (Å²) in [7, 11) is -0.868. The van der Waals surface area contributed by atoms with Gasteiger partial charge < -0.3 is 10.6 Å². The predicted octanol–water partition coefficient (Wildman–Crippen LogP) is 1.01. The molecule has 17 heavy (non-hydrogen) atoms. The van der Waals surface area contributed by atoms with Crippen molar-refractivity contribution in [3.05, 3.63) is 0 Å². The Balaban J connectivity index is 2.40. The lowest BCUT2D eigenvalue weighted by Crippen LogP contribution is -2.49. The van der Waals surface area contributed by atoms with Crippen molar-refractivity contribution in [1.29, 1.82) is 0 Å². The van der Waals surface area contributed by atoms with E-state index in [1.165, 1.54) is 12.8 Å². The first-order valence-electron chi connectivity index (χ1n) is 6.62. The zero-order valence-corrected chi connectivity index (χ0v) is 11.9. The lowest BCUT2D eigenvalue weighted by molar-refractivity contribution is 0.177. The van der Waals surface area contributed by atoms with Crippen LogP contribution < -0.4 is 5.73 Å². The van der Waals surface area contributed by atoms with Crippen LogP contribution in [0.3, 0.4) is 0 Å². The largest absolute Gasteiger partial charge is 0.326 e. The van der Waals surface area contributed by atoms with E-state index < -0.39 is 9.84 Å². The minimum atomic E-state index is -2.87. The van der Waals surface area contributed by atoms with Crippen LogP contribution in [-0.4, -0.2) is 50.5 Å². The monoisotopic (exact) mass is 262 g/mol. The van der Waals surface area contributed by atoms with Crippen molar-refractivity contribution in [3.63, 3.8) is 0 Å². The second-order valence-electron chi connectivity index (χ2n) is 5.15. The first-order valence-corrected chi connectivity index (χ1v) is 8.44. The van der Waals surface area contributed by atoms with Crippen molar-refractivity contribution in [2.45, 2.75) is 51.1 Å². The average Bonchev–Trinajstić information content (AvgIpc) is 2.27. The molecule has 5 heteroatoms. The molecule has 0 amide bonds. The van der Waals surface area contributed by atoms with Gasteiger partial charge in [-0.3, -0.25) is 0 Å². The molecule has 0 bridgehead atoms. The molecule has 4 nitrogen and oxygen atoms in total. The van der Waals surface area contributed by atoms with Gasteiger partial charge in [0.15, 0.2) is 9.84 Å². The quantitative estimate of drug-likeness (QED) is 0.776. The Morgan fingerprint density at radius 2 is 1.88 bits per heavy atom. The van der Waals surface area contributed by atoms with E-state index in [9.17, 15) is 8.42 Å². The third-order valence-corrected chi connectivity index (χ3v) is 5.45. The summed E-state index contributed by atoms with van der Waals surface area (Å²) in [6, 6.07) is 0.572. The normalized spacial score (nSPS) is 26.4. The first kappa shape index (κ1) is 14.9. The van der Waals surface area contributed by atoms with Gasteiger partial charge in [0.2, 0.25) is 0 Å². The second kappa shape index (κ2) is 6.71. The van der Waals surface area contributed by atoms with Crippen LogP contribution in [0, 0.1) is 0 Å². The SMILES string of the molecule is CCCS(=O)(=O)CCN(C)C1CCCCC1N. The number of rotatable bonds is 6. The molecule has 2 atom stereocenters. The van der Waals surface area contributed by atoms with E-state index >= 15 is 0 Å². The Kier molecular flexibility index (Phi) is 5.89. The summed E-state index contributed by atoms with van der Waals surface area (Å²) < 4.78 is 23.3. The molecule has 0 spiro atoms. The minimum Gasteiger partial charge on any atom is -0.326 e. The van der Waals surface area contributed by atoms with Crippen molar-refractivity contribution in [1.82, 2.24) is 4.90 Å². The van der Waals surface area contributed by atoms with Crippen molar-refractivity contribution < 1.29 is 8.42 Å². The Morgan fingerprint density at radius 1 is 1.24 bits per heavy atom. The van der Waals surface area contributed by atoms with Gasteiger partial charge in [-0.25, -0.2) is 8.42 Å². The molecule has 1 saturated carbocycles. The molecular weight excluding hydrogens is 236 g/mol. The van der Waals surface area contributed by atoms with Crippen molar-refractivity contribution >= 4 is 9.84 Å². The highest BCUT2D eigenvalue weighted by molar-refractivity contribution is 7.91. The van der Waals surface area contributed by atoms with Crippen molar-refractivity contribution in [2.75, 3.05) is 25.1 Å². The third-order valence-electron chi connectivity index (χ3n) is 3.62. The van der Waals surface area contributed by atoms with Gasteiger partial charge in [0.1, 0.15) is 0 Å². The van der Waals surface area contributed by atoms with Crippen molar-refractivity contribution in [3.8, 4) is 0 Å². The molecule has 2 N–H and O–H groups in total. The standard InChI is InChI=1S/C12H26N2O2S/c1-3-9-17(15,16)10-8-14(2)12-7-5-4-6-11(12)13/h11-12H,3-10,13H2,1-2H3. The average molecular weight is 262 g/mol. The summed E-state index contributed by atoms with van der Waals surface area (Å²) in [5, 5.41) is 0. The molecule has 0 aromatic rings. The number of hydrogen-bond donors (Lipinski definition) is 1. The third kappa shape index (κ3) is 4.94. The maximum Gasteiger partial charge on any atom is 0.151 e. The Labute approximate surface area is 105 Å². The van der Waals surface area contributed by atoms with E-state index in [0.717, 1.165) is 12.8 Å². The predicted molar refractivity (Wildman–Crippen MR) is 71.8 cm³/mol. The van der Waals surface area contributed by atoms with Gasteiger partial charge in [0.05, 0.1) is 5.75 Å². The number of likely N-dealkylation sites (N-methyl/N-ethyl adjacent to an activating group) is 1. The molecule has 0 radical (unpaired) electrons. The Morgan fingerprint density at radius 3 is 2.47 bits per heavy atom. The molecule has 2 unspecified atom stereocenters. The highest BCUT2D eigenvalue weighted by Crippen LogP contribution is 2.20. The highest BCUT2D eigenvalue weighted by atomic mass is 32.2. The van der Waals surface area contributed by atoms with Crippen molar-refractivity contribution in [2.24, 2.45) is 5.73 Å². The molecule has 1 aliphatic carbocycles. The lowest BCUT2D eigenvalue weighted by atomic mass is 9.90. The van der Waals surface area contributed by atoms with E-state index in [0.29, 0.717) is 24.8 Å². The van der Waals surface area contributed by atoms with E-state index in [1.54, 1.807) is 0 Å². The van der Waals surface area contributed by atoms with Crippen LogP contribution in [0.5, 0.6) is 0 Å². The Hall–Kier alpha value is -0.130. The summed E-state index contributed by atoms with van der Waals surface area (Å²) >= 11 is 0. The second-order valence-corrected chi connectivity index (χ2v) is 7.45. The summed E-state index contributed by atoms with van der Waals surface area (Å²) in [4.78, 5) is 2.14. The van der Waals surface area contributed by atoms with Crippen LogP contribution in [0.4, 0.5) is 0 Å². The van der Waals surface area contributed by atoms with Gasteiger partial charge in [-0.1, -0.05) is 19.8 Å². The lowest BCUT2D eigenvalue weighted by Gasteiger charge is -2.35. The number of nitrogens with zero attached hydrogens (tertiary/aromatic N) is 1. The summed E-state index contributed by atoms with van der Waals surface area (Å²) in [5.74, 6) is 0.568. The highest BCUT2D eigenvalue weighted by Gasteiger charge is 2.25. The van der Waals surface area contributed by atoms with Crippen LogP contribution >= 0.6 is 0 Å². The van der Waals surface area contributed by atoms with Crippen LogP contribution in [0.2, 0.25) is 0 Å². The fourth-order valence-electron chi connectivity index (χ4n) is 2.55. The molecule has 1 fully saturated rings. The molecule has 1 rings (SSSR count). The van der Waals surface area contributed by atoms with Gasteiger partial charge in [-0.05, 0) is 26.3 Å². The molecule has 0 aromatic heterocycles. The molecular formula is C12H26N2O2S. The molecule has 1 aliphatic rings. The zero-order chi connectivity index (χ0) is 12.9. The zero-order valence-electron chi connectivity index (χ0n) is 11.1. The number of sulfone groups is 1. The van der Waals surface area contributed by atoms with Crippen LogP contribution in [0.15, 0.2) is 0 Å². The first-order chi connectivity index (χ1) is 7.96. The molecule has 102 valence electrons. The summed E-state index contributed by atoms with van der Waals surface area (Å²) in [6.45, 7) is 2.51. The smallest absolute Gasteiger partial charge is 0.151 e. The fraction of sp³-hybridized carbons (Fsp3) is 1.00. The Bertz CT molecular complexity index is 316. The van der Waals surface area contributed by atoms with Gasteiger partial charge in [-0.15, -0.1) is 0 Å². The van der Waals surface area contributed by atoms with Gasteiger partial charge in [0, 0.05) is 24.4 Å². The molecule has 0 heterocycles. The van der Waals surface area contributed by atoms with Gasteiger partial charge in [-0.2, -0.15) is 0 Å². The molecule has 0 aromatic carbocycles. The fourth-order valence-corrected chi connectivity index (χ4v) is 3.94. The van der Waals surface area contributed by atoms with Crippen LogP contribution in [0.25, 0.3) is 0 Å². The molecule has 0 saturated heterocycles. The molecule has 0 aliphatic heterocycles. The summed E-state index contributed by atoms with van der Waals surface area (Å²) in [6.07, 6.45) is 5.29. The van der Waals surface area contributed by atoms with Crippen LogP contribution in [0.1, 0.15) is 39.0 Å². The maximum atomic E-state index is 11.6. The van der Waals surface area contributed by atoms with Gasteiger partial charge >= 0.3 is 0 Å². The van der Waals surface area contributed by atoms with Crippen LogP contribution in [-0.2, 0) is 9.84 Å². The number of nitrogens with two attached hydrogens (primary N) is 1. The van der Waals surface area contributed by atoms with Gasteiger partial charge in [0.25, 0.3) is 0 Å². The topological polar surface area (TPSA) is 63.4 Å². The van der Waals surface area contributed by atoms with E-state index in [4.69, 9.17) is 5.73 Å². The van der Waals surface area contributed by atoms with E-state index in [2.05, 4.69) is 4.90 Å². The van der Waals surface area contributed by atoms with E-state index in [-0.39, 0.29) is 11.8 Å². The van der Waals surface area contributed by atoms with E-state index in [1.807, 2.05) is 14.0 Å². The minimum absolute atomic E-state index is 0.211. The number of hydrogen-bond acceptors (Lipinski definition) is 4. The summed E-state index contributed by atoms with van der Waals surface area (Å²) in [5.41, 5.74) is 6.09. The maximum absolute atomic E-state index is 11.6.